The molecule has 1 aromatic carbocycles. The van der Waals surface area contributed by atoms with E-state index in [1.807, 2.05) is 42.1 Å². The Kier molecular flexibility index (Phi) is 9.05. The highest BCUT2D eigenvalue weighted by Gasteiger charge is 2.23. The number of benzene rings is 1. The first-order valence-corrected chi connectivity index (χ1v) is 10.5. The van der Waals surface area contributed by atoms with E-state index in [1.54, 1.807) is 0 Å². The lowest BCUT2D eigenvalue weighted by atomic mass is 10.0. The highest BCUT2D eigenvalue weighted by molar-refractivity contribution is 5.87. The molecule has 5 heteroatoms. The van der Waals surface area contributed by atoms with Crippen LogP contribution in [0.2, 0.25) is 0 Å². The van der Waals surface area contributed by atoms with Crippen molar-refractivity contribution in [2.24, 2.45) is 7.05 Å². The van der Waals surface area contributed by atoms with Crippen LogP contribution in [0.15, 0.2) is 30.5 Å². The van der Waals surface area contributed by atoms with Gasteiger partial charge in [-0.05, 0) is 18.1 Å². The molecule has 0 radical (unpaired) electrons. The summed E-state index contributed by atoms with van der Waals surface area (Å²) in [5, 5.41) is 3.98. The Morgan fingerprint density at radius 2 is 1.75 bits per heavy atom. The lowest BCUT2D eigenvalue weighted by Crippen LogP contribution is -2.43. The average molecular weight is 387 g/mol. The van der Waals surface area contributed by atoms with Gasteiger partial charge in [-0.3, -0.25) is 4.79 Å². The molecule has 1 N–H and O–H groups in total. The number of aryl methyl sites for hydroxylation is 1. The predicted octanol–water partition coefficient (Wildman–Crippen LogP) is 4.52. The standard InChI is InChI=1S/C23H34N2O3/c1-4-5-6-7-8-9-10-15-22(26)24-20(23(27)28-3)16-18-17-25(2)21-14-12-11-13-19(18)21/h11-14,17,20H,4-10,15-16H2,1-3H3,(H,24,26). The van der Waals surface area contributed by atoms with Crippen LogP contribution in [-0.2, 0) is 27.8 Å². The molecule has 0 saturated carbocycles. The molecular formula is C23H34N2O3. The van der Waals surface area contributed by atoms with E-state index in [-0.39, 0.29) is 5.91 Å². The monoisotopic (exact) mass is 386 g/mol. The van der Waals surface area contributed by atoms with Gasteiger partial charge in [-0.1, -0.05) is 63.6 Å². The Balaban J connectivity index is 1.89. The number of amides is 1. The van der Waals surface area contributed by atoms with Crippen molar-refractivity contribution in [1.82, 2.24) is 9.88 Å². The molecule has 0 aliphatic carbocycles. The molecule has 0 bridgehead atoms. The second kappa shape index (κ2) is 11.5. The molecule has 0 saturated heterocycles. The van der Waals surface area contributed by atoms with Crippen LogP contribution < -0.4 is 5.32 Å². The Hall–Kier alpha value is -2.30. The van der Waals surface area contributed by atoms with E-state index in [2.05, 4.69) is 12.2 Å². The minimum atomic E-state index is -0.659. The quantitative estimate of drug-likeness (QED) is 0.431. The maximum Gasteiger partial charge on any atom is 0.328 e. The molecule has 1 heterocycles. The van der Waals surface area contributed by atoms with Crippen LogP contribution in [0.3, 0.4) is 0 Å². The third-order valence-electron chi connectivity index (χ3n) is 5.23. The van der Waals surface area contributed by atoms with Crippen LogP contribution in [0, 0.1) is 0 Å². The first kappa shape index (κ1) is 22.0. The van der Waals surface area contributed by atoms with Crippen LogP contribution in [-0.4, -0.2) is 29.6 Å². The SMILES string of the molecule is CCCCCCCCCC(=O)NC(Cc1cn(C)c2ccccc12)C(=O)OC. The van der Waals surface area contributed by atoms with Gasteiger partial charge >= 0.3 is 5.97 Å². The van der Waals surface area contributed by atoms with Gasteiger partial charge in [0.05, 0.1) is 7.11 Å². The number of ether oxygens (including phenoxy) is 1. The minimum Gasteiger partial charge on any atom is -0.467 e. The molecule has 2 aromatic rings. The van der Waals surface area contributed by atoms with Crippen molar-refractivity contribution in [2.45, 2.75) is 70.8 Å². The number of nitrogens with one attached hydrogen (secondary N) is 1. The summed E-state index contributed by atoms with van der Waals surface area (Å²) in [6.07, 6.45) is 11.0. The van der Waals surface area contributed by atoms with E-state index < -0.39 is 12.0 Å². The van der Waals surface area contributed by atoms with Gasteiger partial charge in [0.15, 0.2) is 0 Å². The molecule has 0 spiro atoms. The zero-order valence-corrected chi connectivity index (χ0v) is 17.5. The molecule has 1 amide bonds. The maximum atomic E-state index is 12.3. The van der Waals surface area contributed by atoms with E-state index in [0.717, 1.165) is 29.3 Å². The zero-order chi connectivity index (χ0) is 20.4. The number of rotatable bonds is 12. The summed E-state index contributed by atoms with van der Waals surface area (Å²) < 4.78 is 6.97. The number of hydrogen-bond donors (Lipinski definition) is 1. The zero-order valence-electron chi connectivity index (χ0n) is 17.5. The lowest BCUT2D eigenvalue weighted by Gasteiger charge is -2.16. The molecular weight excluding hydrogens is 352 g/mol. The van der Waals surface area contributed by atoms with Crippen molar-refractivity contribution in [2.75, 3.05) is 7.11 Å². The molecule has 0 aliphatic heterocycles. The molecule has 28 heavy (non-hydrogen) atoms. The van der Waals surface area contributed by atoms with Gasteiger partial charge in [-0.15, -0.1) is 0 Å². The number of fused-ring (bicyclic) bond motifs is 1. The summed E-state index contributed by atoms with van der Waals surface area (Å²) in [6, 6.07) is 7.41. The Morgan fingerprint density at radius 3 is 2.46 bits per heavy atom. The van der Waals surface area contributed by atoms with Crippen LogP contribution in [0.1, 0.15) is 63.9 Å². The second-order valence-electron chi connectivity index (χ2n) is 7.50. The van der Waals surface area contributed by atoms with Crippen molar-refractivity contribution < 1.29 is 14.3 Å². The van der Waals surface area contributed by atoms with Crippen LogP contribution in [0.25, 0.3) is 10.9 Å². The largest absolute Gasteiger partial charge is 0.467 e. The summed E-state index contributed by atoms with van der Waals surface area (Å²) in [4.78, 5) is 24.6. The number of unbranched alkanes of at least 4 members (excludes halogenated alkanes) is 6. The molecule has 1 unspecified atom stereocenters. The summed E-state index contributed by atoms with van der Waals surface area (Å²) in [6.45, 7) is 2.21. The maximum absolute atomic E-state index is 12.3. The number of methoxy groups -OCH3 is 1. The normalized spacial score (nSPS) is 12.1. The molecule has 5 nitrogen and oxygen atoms in total. The third-order valence-corrected chi connectivity index (χ3v) is 5.23. The number of hydrogen-bond acceptors (Lipinski definition) is 3. The number of aromatic nitrogens is 1. The van der Waals surface area contributed by atoms with Gasteiger partial charge in [0.1, 0.15) is 6.04 Å². The fourth-order valence-corrected chi connectivity index (χ4v) is 3.65. The van der Waals surface area contributed by atoms with E-state index in [4.69, 9.17) is 4.74 Å². The van der Waals surface area contributed by atoms with Crippen molar-refractivity contribution in [3.05, 3.63) is 36.0 Å². The number of carbonyl (C=O) groups excluding carboxylic acids is 2. The van der Waals surface area contributed by atoms with E-state index in [9.17, 15) is 9.59 Å². The number of esters is 1. The molecule has 1 atom stereocenters. The van der Waals surface area contributed by atoms with Gasteiger partial charge in [0.2, 0.25) is 5.91 Å². The number of carbonyl (C=O) groups is 2. The molecule has 154 valence electrons. The Morgan fingerprint density at radius 1 is 1.07 bits per heavy atom. The molecule has 1 aromatic heterocycles. The van der Waals surface area contributed by atoms with E-state index >= 15 is 0 Å². The van der Waals surface area contributed by atoms with Crippen LogP contribution in [0.5, 0.6) is 0 Å². The fourth-order valence-electron chi connectivity index (χ4n) is 3.65. The fraction of sp³-hybridized carbons (Fsp3) is 0.565. The summed E-state index contributed by atoms with van der Waals surface area (Å²) in [7, 11) is 3.35. The van der Waals surface area contributed by atoms with Gasteiger partial charge < -0.3 is 14.6 Å². The summed E-state index contributed by atoms with van der Waals surface area (Å²) >= 11 is 0. The summed E-state index contributed by atoms with van der Waals surface area (Å²) in [5.41, 5.74) is 2.14. The second-order valence-corrected chi connectivity index (χ2v) is 7.50. The average Bonchev–Trinajstić information content (AvgIpc) is 3.02. The number of para-hydroxylation sites is 1. The predicted molar refractivity (Wildman–Crippen MR) is 113 cm³/mol. The third kappa shape index (κ3) is 6.39. The Labute approximate surface area is 168 Å². The highest BCUT2D eigenvalue weighted by Crippen LogP contribution is 2.22. The van der Waals surface area contributed by atoms with Gasteiger partial charge in [-0.25, -0.2) is 4.79 Å². The molecule has 2 rings (SSSR count). The molecule has 0 fully saturated rings. The van der Waals surface area contributed by atoms with Crippen LogP contribution in [0.4, 0.5) is 0 Å². The van der Waals surface area contributed by atoms with Gasteiger partial charge in [-0.2, -0.15) is 0 Å². The first-order valence-electron chi connectivity index (χ1n) is 10.5. The van der Waals surface area contributed by atoms with Crippen LogP contribution >= 0.6 is 0 Å². The minimum absolute atomic E-state index is 0.0794. The first-order chi connectivity index (χ1) is 13.6. The topological polar surface area (TPSA) is 60.3 Å². The Bertz CT molecular complexity index is 766. The highest BCUT2D eigenvalue weighted by atomic mass is 16.5. The van der Waals surface area contributed by atoms with Crippen molar-refractivity contribution in [3.63, 3.8) is 0 Å². The smallest absolute Gasteiger partial charge is 0.328 e. The van der Waals surface area contributed by atoms with Crippen molar-refractivity contribution in [1.29, 1.82) is 0 Å². The lowest BCUT2D eigenvalue weighted by molar-refractivity contribution is -0.145. The molecule has 0 aliphatic rings. The van der Waals surface area contributed by atoms with Crippen molar-refractivity contribution >= 4 is 22.8 Å². The summed E-state index contributed by atoms with van der Waals surface area (Å²) in [5.74, 6) is -0.481. The van der Waals surface area contributed by atoms with E-state index in [1.165, 1.54) is 39.2 Å². The van der Waals surface area contributed by atoms with Crippen molar-refractivity contribution in [3.8, 4) is 0 Å². The van der Waals surface area contributed by atoms with Gasteiger partial charge in [0, 0.05) is 37.0 Å². The van der Waals surface area contributed by atoms with Gasteiger partial charge in [0.25, 0.3) is 0 Å². The number of nitrogens with zero attached hydrogens (tertiary/aromatic N) is 1. The van der Waals surface area contributed by atoms with E-state index in [0.29, 0.717) is 12.8 Å².